The Morgan fingerprint density at radius 3 is 2.08 bits per heavy atom. The molecule has 1 aromatic rings. The van der Waals surface area contributed by atoms with Gasteiger partial charge in [0.2, 0.25) is 0 Å². The monoisotopic (exact) mass is 340 g/mol. The van der Waals surface area contributed by atoms with Crippen LogP contribution in [0.5, 0.6) is 0 Å². The van der Waals surface area contributed by atoms with E-state index < -0.39 is 0 Å². The molecule has 0 amide bonds. The fourth-order valence-corrected chi connectivity index (χ4v) is 2.87. The summed E-state index contributed by atoms with van der Waals surface area (Å²) >= 11 is 0. The van der Waals surface area contributed by atoms with Crippen molar-refractivity contribution >= 4 is 5.57 Å². The highest BCUT2D eigenvalue weighted by molar-refractivity contribution is 5.75. The molecule has 0 heteroatoms. The molecule has 140 valence electrons. The van der Waals surface area contributed by atoms with E-state index in [1.54, 1.807) is 0 Å². The lowest BCUT2D eigenvalue weighted by Crippen LogP contribution is -1.98. The van der Waals surface area contributed by atoms with Crippen LogP contribution in [0.15, 0.2) is 54.6 Å². The van der Waals surface area contributed by atoms with Crippen molar-refractivity contribution in [1.82, 2.24) is 0 Å². The van der Waals surface area contributed by atoms with Gasteiger partial charge in [-0.05, 0) is 49.3 Å². The van der Waals surface area contributed by atoms with E-state index in [4.69, 9.17) is 0 Å². The second kappa shape index (κ2) is 14.8. The van der Waals surface area contributed by atoms with Gasteiger partial charge in [-0.15, -0.1) is 0 Å². The minimum Gasteiger partial charge on any atom is -0.0961 e. The maximum atomic E-state index is 3.99. The van der Waals surface area contributed by atoms with Crippen LogP contribution in [0, 0.1) is 0 Å². The van der Waals surface area contributed by atoms with Crippen LogP contribution in [0.25, 0.3) is 5.57 Å². The molecule has 0 nitrogen and oxygen atoms in total. The van der Waals surface area contributed by atoms with E-state index >= 15 is 0 Å². The summed E-state index contributed by atoms with van der Waals surface area (Å²) in [5.41, 5.74) is 5.08. The van der Waals surface area contributed by atoms with Gasteiger partial charge in [-0.1, -0.05) is 108 Å². The predicted octanol–water partition coefficient (Wildman–Crippen LogP) is 8.71. The van der Waals surface area contributed by atoms with Crippen molar-refractivity contribution in [2.75, 3.05) is 0 Å². The lowest BCUT2D eigenvalue weighted by molar-refractivity contribution is 0.553. The Bertz CT molecular complexity index is 513. The number of hydrogen-bond donors (Lipinski definition) is 0. The smallest absolute Gasteiger partial charge is 0.0165 e. The molecule has 0 bridgehead atoms. The van der Waals surface area contributed by atoms with Crippen molar-refractivity contribution in [3.05, 3.63) is 65.8 Å². The Kier molecular flexibility index (Phi) is 13.8. The first-order valence-electron chi connectivity index (χ1n) is 10.1. The summed E-state index contributed by atoms with van der Waals surface area (Å²) in [5, 5.41) is 0. The number of hydrogen-bond acceptors (Lipinski definition) is 0. The van der Waals surface area contributed by atoms with E-state index in [2.05, 4.69) is 83.7 Å². The Hall–Kier alpha value is -1.56. The molecule has 0 saturated heterocycles. The number of allylic oxidation sites excluding steroid dienone is 5. The topological polar surface area (TPSA) is 0 Å². The summed E-state index contributed by atoms with van der Waals surface area (Å²) in [4.78, 5) is 0. The van der Waals surface area contributed by atoms with Gasteiger partial charge in [-0.3, -0.25) is 0 Å². The molecule has 0 aliphatic heterocycles. The van der Waals surface area contributed by atoms with Crippen LogP contribution in [0.1, 0.15) is 97.1 Å². The average molecular weight is 341 g/mol. The van der Waals surface area contributed by atoms with Gasteiger partial charge in [-0.25, -0.2) is 0 Å². The van der Waals surface area contributed by atoms with Crippen LogP contribution in [-0.4, -0.2) is 0 Å². The van der Waals surface area contributed by atoms with Crippen LogP contribution < -0.4 is 0 Å². The molecular weight excluding hydrogens is 300 g/mol. The molecule has 0 radical (unpaired) electrons. The van der Waals surface area contributed by atoms with Crippen molar-refractivity contribution in [3.8, 4) is 0 Å². The van der Waals surface area contributed by atoms with Crippen LogP contribution in [0.4, 0.5) is 0 Å². The van der Waals surface area contributed by atoms with Gasteiger partial charge in [0.05, 0.1) is 0 Å². The van der Waals surface area contributed by atoms with Gasteiger partial charge in [0.25, 0.3) is 0 Å². The molecule has 0 heterocycles. The molecule has 0 aliphatic carbocycles. The molecule has 0 spiro atoms. The van der Waals surface area contributed by atoms with Gasteiger partial charge in [0.1, 0.15) is 0 Å². The van der Waals surface area contributed by atoms with Crippen LogP contribution in [0.3, 0.4) is 0 Å². The minimum atomic E-state index is 0.705. The summed E-state index contributed by atoms with van der Waals surface area (Å²) in [7, 11) is 0. The molecule has 1 aromatic carbocycles. The summed E-state index contributed by atoms with van der Waals surface area (Å²) in [6, 6.07) is 9.13. The van der Waals surface area contributed by atoms with E-state index in [0.29, 0.717) is 5.92 Å². The van der Waals surface area contributed by atoms with Crippen LogP contribution in [0.2, 0.25) is 0 Å². The van der Waals surface area contributed by atoms with E-state index in [1.165, 1.54) is 55.2 Å². The molecule has 1 unspecified atom stereocenters. The zero-order valence-corrected chi connectivity index (χ0v) is 17.6. The van der Waals surface area contributed by atoms with Gasteiger partial charge in [0.15, 0.2) is 0 Å². The lowest BCUT2D eigenvalue weighted by atomic mass is 9.89. The normalized spacial score (nSPS) is 12.6. The fraction of sp³-hybridized carbons (Fsp3) is 0.520. The highest BCUT2D eigenvalue weighted by Crippen LogP contribution is 2.27. The lowest BCUT2D eigenvalue weighted by Gasteiger charge is -2.16. The third kappa shape index (κ3) is 10.1. The Morgan fingerprint density at radius 2 is 1.64 bits per heavy atom. The summed E-state index contributed by atoms with van der Waals surface area (Å²) in [6.07, 6.45) is 14.2. The molecule has 0 aliphatic rings. The summed E-state index contributed by atoms with van der Waals surface area (Å²) in [6.45, 7) is 16.9. The summed E-state index contributed by atoms with van der Waals surface area (Å²) in [5.74, 6) is 0.705. The highest BCUT2D eigenvalue weighted by Gasteiger charge is 2.09. The molecule has 1 rings (SSSR count). The maximum absolute atomic E-state index is 3.99. The van der Waals surface area contributed by atoms with Crippen molar-refractivity contribution in [2.24, 2.45) is 0 Å². The molecule has 0 saturated carbocycles. The van der Waals surface area contributed by atoms with Gasteiger partial charge in [0, 0.05) is 0 Å². The molecule has 25 heavy (non-hydrogen) atoms. The Balaban J connectivity index is 0.00000178. The Morgan fingerprint density at radius 1 is 1.04 bits per heavy atom. The zero-order valence-electron chi connectivity index (χ0n) is 17.6. The first-order valence-corrected chi connectivity index (χ1v) is 10.1. The third-order valence-electron chi connectivity index (χ3n) is 4.11. The third-order valence-corrected chi connectivity index (χ3v) is 4.11. The largest absolute Gasteiger partial charge is 0.0961 e. The van der Waals surface area contributed by atoms with Crippen molar-refractivity contribution in [1.29, 1.82) is 0 Å². The predicted molar refractivity (Wildman–Crippen MR) is 117 cm³/mol. The fourth-order valence-electron chi connectivity index (χ4n) is 2.87. The molecular formula is C25H40. The second-order valence-corrected chi connectivity index (χ2v) is 6.88. The minimum absolute atomic E-state index is 0.705. The van der Waals surface area contributed by atoms with Gasteiger partial charge in [-0.2, -0.15) is 0 Å². The van der Waals surface area contributed by atoms with E-state index in [9.17, 15) is 0 Å². The standard InChI is InChI=1S/C22H32.C3H8/c1-6-9-10-12-19(8-3)20-13-15-21(16-14-20)22(11-7-2)17-18(4)5;1-3-2/h7,11,13-17,19H,4,6,8-10,12H2,1-3,5H3;3H2,1-2H3/b11-7-,22-17+;. The van der Waals surface area contributed by atoms with Crippen molar-refractivity contribution in [2.45, 2.75) is 86.0 Å². The van der Waals surface area contributed by atoms with Crippen LogP contribution in [-0.2, 0) is 0 Å². The number of rotatable bonds is 9. The first-order chi connectivity index (χ1) is 12.0. The molecule has 0 aromatic heterocycles. The highest BCUT2D eigenvalue weighted by atomic mass is 14.1. The first kappa shape index (κ1) is 23.4. The Labute approximate surface area is 157 Å². The number of benzene rings is 1. The maximum Gasteiger partial charge on any atom is -0.0165 e. The van der Waals surface area contributed by atoms with E-state index in [-0.39, 0.29) is 0 Å². The quantitative estimate of drug-likeness (QED) is 0.311. The van der Waals surface area contributed by atoms with Crippen LogP contribution >= 0.6 is 0 Å². The van der Waals surface area contributed by atoms with Gasteiger partial charge >= 0.3 is 0 Å². The summed E-state index contributed by atoms with van der Waals surface area (Å²) < 4.78 is 0. The second-order valence-electron chi connectivity index (χ2n) is 6.88. The van der Waals surface area contributed by atoms with E-state index in [1.807, 2.05) is 6.92 Å². The molecule has 0 fully saturated rings. The van der Waals surface area contributed by atoms with Crippen molar-refractivity contribution < 1.29 is 0 Å². The average Bonchev–Trinajstić information content (AvgIpc) is 2.59. The number of unbranched alkanes of at least 4 members (excludes halogenated alkanes) is 2. The molecule has 0 N–H and O–H groups in total. The SMILES string of the molecule is C=C(C)/C=C(\C=C/C)c1ccc(C(CC)CCCCC)cc1.CCC. The van der Waals surface area contributed by atoms with Crippen molar-refractivity contribution in [3.63, 3.8) is 0 Å². The van der Waals surface area contributed by atoms with E-state index in [0.717, 1.165) is 5.57 Å². The van der Waals surface area contributed by atoms with Gasteiger partial charge < -0.3 is 0 Å². The molecule has 1 atom stereocenters. The zero-order chi connectivity index (χ0) is 19.1.